The highest BCUT2D eigenvalue weighted by Gasteiger charge is 2.11. The van der Waals surface area contributed by atoms with Crippen molar-refractivity contribution in [3.8, 4) is 5.75 Å². The molecule has 1 aromatic rings. The Morgan fingerprint density at radius 3 is 2.55 bits per heavy atom. The van der Waals surface area contributed by atoms with Crippen LogP contribution in [0.2, 0.25) is 0 Å². The van der Waals surface area contributed by atoms with E-state index in [1.807, 2.05) is 25.1 Å². The maximum Gasteiger partial charge on any atom is 0.306 e. The minimum atomic E-state index is -1.06. The summed E-state index contributed by atoms with van der Waals surface area (Å²) in [5, 5.41) is 18.0. The number of carboxylic acid groups (broad SMARTS) is 1. The van der Waals surface area contributed by atoms with Gasteiger partial charge in [-0.15, -0.1) is 0 Å². The quantitative estimate of drug-likeness (QED) is 0.695. The molecule has 20 heavy (non-hydrogen) atoms. The number of carbonyl (C=O) groups excluding carboxylic acids is 1. The molecular weight excluding hydrogens is 264 g/mol. The van der Waals surface area contributed by atoms with Crippen molar-refractivity contribution in [1.29, 1.82) is 0 Å². The summed E-state index contributed by atoms with van der Waals surface area (Å²) in [5.74, 6) is -1.06. The first-order valence-corrected chi connectivity index (χ1v) is 6.23. The van der Waals surface area contributed by atoms with Gasteiger partial charge in [-0.1, -0.05) is 18.2 Å². The van der Waals surface area contributed by atoms with Gasteiger partial charge in [0.25, 0.3) is 0 Å². The molecule has 0 amide bonds. The monoisotopic (exact) mass is 282 g/mol. The van der Waals surface area contributed by atoms with Crippen molar-refractivity contribution in [1.82, 2.24) is 0 Å². The third-order valence-corrected chi connectivity index (χ3v) is 2.50. The average molecular weight is 282 g/mol. The molecule has 2 N–H and O–H groups in total. The average Bonchev–Trinajstić information content (AvgIpc) is 2.42. The second kappa shape index (κ2) is 8.16. The lowest BCUT2D eigenvalue weighted by molar-refractivity contribution is -0.150. The predicted octanol–water partition coefficient (Wildman–Crippen LogP) is 1.14. The molecule has 0 aliphatic heterocycles. The SMILES string of the molecule is Cc1ccccc1OCC(O)COC(=O)CCC(=O)O. The lowest BCUT2D eigenvalue weighted by Gasteiger charge is -2.13. The fraction of sp³-hybridized carbons (Fsp3) is 0.429. The highest BCUT2D eigenvalue weighted by Crippen LogP contribution is 2.16. The number of rotatable bonds is 8. The highest BCUT2D eigenvalue weighted by atomic mass is 16.5. The third kappa shape index (κ3) is 6.19. The number of carbonyl (C=O) groups is 2. The van der Waals surface area contributed by atoms with E-state index in [4.69, 9.17) is 14.6 Å². The molecule has 0 spiro atoms. The Morgan fingerprint density at radius 2 is 1.90 bits per heavy atom. The Bertz CT molecular complexity index is 457. The first-order chi connectivity index (χ1) is 9.49. The van der Waals surface area contributed by atoms with E-state index in [2.05, 4.69) is 0 Å². The van der Waals surface area contributed by atoms with E-state index in [0.717, 1.165) is 5.56 Å². The molecule has 6 heteroatoms. The second-order valence-electron chi connectivity index (χ2n) is 4.31. The van der Waals surface area contributed by atoms with Crippen molar-refractivity contribution < 1.29 is 29.3 Å². The normalized spacial score (nSPS) is 11.7. The minimum absolute atomic E-state index is 0.00291. The summed E-state index contributed by atoms with van der Waals surface area (Å²) in [7, 11) is 0. The molecule has 0 saturated heterocycles. The number of para-hydroxylation sites is 1. The zero-order valence-electron chi connectivity index (χ0n) is 11.2. The maximum absolute atomic E-state index is 11.1. The molecule has 0 saturated carbocycles. The van der Waals surface area contributed by atoms with Gasteiger partial charge in [0.2, 0.25) is 0 Å². The van der Waals surface area contributed by atoms with Crippen LogP contribution >= 0.6 is 0 Å². The zero-order valence-corrected chi connectivity index (χ0v) is 11.2. The summed E-state index contributed by atoms with van der Waals surface area (Å²) >= 11 is 0. The van der Waals surface area contributed by atoms with Gasteiger partial charge >= 0.3 is 11.9 Å². The van der Waals surface area contributed by atoms with Gasteiger partial charge in [-0.3, -0.25) is 9.59 Å². The third-order valence-electron chi connectivity index (χ3n) is 2.50. The van der Waals surface area contributed by atoms with Gasteiger partial charge in [0.05, 0.1) is 12.8 Å². The van der Waals surface area contributed by atoms with Crippen LogP contribution in [0.1, 0.15) is 18.4 Å². The van der Waals surface area contributed by atoms with Crippen LogP contribution in [-0.4, -0.2) is 41.5 Å². The fourth-order valence-corrected chi connectivity index (χ4v) is 1.42. The van der Waals surface area contributed by atoms with E-state index < -0.39 is 18.0 Å². The van der Waals surface area contributed by atoms with E-state index in [-0.39, 0.29) is 26.1 Å². The summed E-state index contributed by atoms with van der Waals surface area (Å²) < 4.78 is 10.1. The van der Waals surface area contributed by atoms with E-state index >= 15 is 0 Å². The summed E-state index contributed by atoms with van der Waals surface area (Å²) in [4.78, 5) is 21.4. The van der Waals surface area contributed by atoms with Crippen LogP contribution in [0.5, 0.6) is 5.75 Å². The van der Waals surface area contributed by atoms with Gasteiger partial charge in [-0.25, -0.2) is 0 Å². The van der Waals surface area contributed by atoms with Crippen LogP contribution in [0.4, 0.5) is 0 Å². The first-order valence-electron chi connectivity index (χ1n) is 6.23. The second-order valence-corrected chi connectivity index (χ2v) is 4.31. The molecule has 0 radical (unpaired) electrons. The topological polar surface area (TPSA) is 93.1 Å². The molecule has 0 aliphatic rings. The van der Waals surface area contributed by atoms with Gasteiger partial charge in [0, 0.05) is 0 Å². The van der Waals surface area contributed by atoms with Gasteiger partial charge in [-0.2, -0.15) is 0 Å². The van der Waals surface area contributed by atoms with E-state index in [0.29, 0.717) is 5.75 Å². The Hall–Kier alpha value is -2.08. The number of aliphatic carboxylic acids is 1. The minimum Gasteiger partial charge on any atom is -0.490 e. The van der Waals surface area contributed by atoms with Crippen LogP contribution in [0.15, 0.2) is 24.3 Å². The maximum atomic E-state index is 11.1. The largest absolute Gasteiger partial charge is 0.490 e. The molecule has 0 bridgehead atoms. The van der Waals surface area contributed by atoms with Crippen LogP contribution in [0.25, 0.3) is 0 Å². The van der Waals surface area contributed by atoms with Crippen molar-refractivity contribution >= 4 is 11.9 Å². The zero-order chi connectivity index (χ0) is 15.0. The van der Waals surface area contributed by atoms with Gasteiger partial charge in [-0.05, 0) is 18.6 Å². The van der Waals surface area contributed by atoms with Gasteiger partial charge < -0.3 is 19.7 Å². The summed E-state index contributed by atoms with van der Waals surface area (Å²) in [5.41, 5.74) is 0.943. The standard InChI is InChI=1S/C14H18O6/c1-10-4-2-3-5-12(10)19-8-11(15)9-20-14(18)7-6-13(16)17/h2-5,11,15H,6-9H2,1H3,(H,16,17). The van der Waals surface area contributed by atoms with Gasteiger partial charge in [0.1, 0.15) is 25.1 Å². The number of ether oxygens (including phenoxy) is 2. The summed E-state index contributed by atoms with van der Waals surface area (Å²) in [6.07, 6.45) is -1.45. The lowest BCUT2D eigenvalue weighted by atomic mass is 10.2. The molecule has 0 aromatic heterocycles. The number of hydrogen-bond donors (Lipinski definition) is 2. The van der Waals surface area contributed by atoms with Crippen molar-refractivity contribution in [2.45, 2.75) is 25.9 Å². The highest BCUT2D eigenvalue weighted by molar-refractivity contribution is 5.76. The number of aliphatic hydroxyl groups excluding tert-OH is 1. The van der Waals surface area contributed by atoms with Crippen LogP contribution in [0, 0.1) is 6.92 Å². The number of carboxylic acids is 1. The Labute approximate surface area is 116 Å². The summed E-state index contributed by atoms with van der Waals surface area (Å²) in [6, 6.07) is 7.36. The fourth-order valence-electron chi connectivity index (χ4n) is 1.42. The van der Waals surface area contributed by atoms with Crippen molar-refractivity contribution in [2.24, 2.45) is 0 Å². The molecular formula is C14H18O6. The molecule has 0 aliphatic carbocycles. The molecule has 1 unspecified atom stereocenters. The number of benzene rings is 1. The van der Waals surface area contributed by atoms with Crippen molar-refractivity contribution in [3.63, 3.8) is 0 Å². The van der Waals surface area contributed by atoms with Crippen molar-refractivity contribution in [2.75, 3.05) is 13.2 Å². The Morgan fingerprint density at radius 1 is 1.20 bits per heavy atom. The van der Waals surface area contributed by atoms with Crippen LogP contribution < -0.4 is 4.74 Å². The molecule has 1 atom stereocenters. The number of hydrogen-bond acceptors (Lipinski definition) is 5. The first kappa shape index (κ1) is 16.0. The molecule has 110 valence electrons. The van der Waals surface area contributed by atoms with E-state index in [9.17, 15) is 14.7 Å². The molecule has 6 nitrogen and oxygen atoms in total. The molecule has 1 rings (SSSR count). The predicted molar refractivity (Wildman–Crippen MR) is 70.5 cm³/mol. The smallest absolute Gasteiger partial charge is 0.306 e. The van der Waals surface area contributed by atoms with E-state index in [1.54, 1.807) is 6.07 Å². The Kier molecular flexibility index (Phi) is 6.52. The van der Waals surface area contributed by atoms with Crippen LogP contribution in [-0.2, 0) is 14.3 Å². The lowest BCUT2D eigenvalue weighted by Crippen LogP contribution is -2.25. The summed E-state index contributed by atoms with van der Waals surface area (Å²) in [6.45, 7) is 1.66. The van der Waals surface area contributed by atoms with Gasteiger partial charge in [0.15, 0.2) is 0 Å². The Balaban J connectivity index is 2.23. The molecule has 1 aromatic carbocycles. The molecule has 0 heterocycles. The van der Waals surface area contributed by atoms with Crippen LogP contribution in [0.3, 0.4) is 0 Å². The van der Waals surface area contributed by atoms with E-state index in [1.165, 1.54) is 0 Å². The number of aryl methyl sites for hydroxylation is 1. The van der Waals surface area contributed by atoms with Crippen molar-refractivity contribution in [3.05, 3.63) is 29.8 Å². The number of esters is 1. The molecule has 0 fully saturated rings. The number of aliphatic hydroxyl groups is 1.